The monoisotopic (exact) mass is 468 g/mol. The summed E-state index contributed by atoms with van der Waals surface area (Å²) in [6.45, 7) is 0. The topological polar surface area (TPSA) is 108 Å². The minimum atomic E-state index is -0.970. The molecule has 0 spiro atoms. The third kappa shape index (κ3) is 6.17. The highest BCUT2D eigenvalue weighted by molar-refractivity contribution is 5.80. The first-order chi connectivity index (χ1) is 17.0. The van der Waals surface area contributed by atoms with Crippen LogP contribution in [0.5, 0.6) is 11.5 Å². The van der Waals surface area contributed by atoms with Crippen LogP contribution >= 0.6 is 0 Å². The second-order valence-electron chi connectivity index (χ2n) is 7.80. The molecule has 0 saturated carbocycles. The van der Waals surface area contributed by atoms with Crippen LogP contribution in [0.2, 0.25) is 0 Å². The van der Waals surface area contributed by atoms with E-state index in [1.165, 1.54) is 0 Å². The average Bonchev–Trinajstić information content (AvgIpc) is 2.88. The van der Waals surface area contributed by atoms with Crippen LogP contribution < -0.4 is 15.4 Å². The second-order valence-corrected chi connectivity index (χ2v) is 7.80. The van der Waals surface area contributed by atoms with Crippen LogP contribution in [0, 0.1) is 0 Å². The van der Waals surface area contributed by atoms with E-state index in [0.717, 1.165) is 0 Å². The van der Waals surface area contributed by atoms with Crippen LogP contribution in [0.1, 0.15) is 23.2 Å². The summed E-state index contributed by atoms with van der Waals surface area (Å²) in [6, 6.07) is 30.2. The Morgan fingerprint density at radius 3 is 1.20 bits per heavy atom. The smallest absolute Gasteiger partial charge is 0.330 e. The van der Waals surface area contributed by atoms with Gasteiger partial charge in [-0.05, 0) is 59.7 Å². The van der Waals surface area contributed by atoms with E-state index in [4.69, 9.17) is 4.74 Å². The van der Waals surface area contributed by atoms with Gasteiger partial charge in [-0.1, -0.05) is 60.7 Å². The summed E-state index contributed by atoms with van der Waals surface area (Å²) in [5, 5.41) is 25.2. The lowest BCUT2D eigenvalue weighted by Crippen LogP contribution is -2.20. The maximum atomic E-state index is 11.7. The number of carbonyl (C=O) groups is 2. The lowest BCUT2D eigenvalue weighted by atomic mass is 10.1. The molecule has 0 fully saturated rings. The average molecular weight is 469 g/mol. The molecule has 0 aromatic heterocycles. The number of benzene rings is 4. The van der Waals surface area contributed by atoms with Gasteiger partial charge in [-0.15, -0.1) is 0 Å². The fourth-order valence-electron chi connectivity index (χ4n) is 3.57. The van der Waals surface area contributed by atoms with E-state index in [1.54, 1.807) is 97.1 Å². The maximum absolute atomic E-state index is 11.7. The molecule has 7 nitrogen and oxygen atoms in total. The van der Waals surface area contributed by atoms with Crippen molar-refractivity contribution in [2.75, 3.05) is 10.6 Å². The molecule has 0 heterocycles. The molecule has 0 aliphatic rings. The zero-order valence-electron chi connectivity index (χ0n) is 18.7. The van der Waals surface area contributed by atoms with Gasteiger partial charge in [0.25, 0.3) is 0 Å². The molecule has 0 aliphatic heterocycles. The van der Waals surface area contributed by atoms with Crippen LogP contribution in [0.25, 0.3) is 0 Å². The van der Waals surface area contributed by atoms with Gasteiger partial charge in [0, 0.05) is 11.4 Å². The molecular weight excluding hydrogens is 444 g/mol. The van der Waals surface area contributed by atoms with E-state index in [2.05, 4.69) is 10.6 Å². The SMILES string of the molecule is O=C(O)[C@@H](Nc1ccc(Oc2ccc(N[C@H](C(=O)O)c3ccccc3)cc2)cc1)c1ccccc1. The molecule has 0 amide bonds. The van der Waals surface area contributed by atoms with Crippen LogP contribution in [-0.2, 0) is 9.59 Å². The van der Waals surface area contributed by atoms with Crippen molar-refractivity contribution in [3.05, 3.63) is 120 Å². The van der Waals surface area contributed by atoms with Gasteiger partial charge in [-0.3, -0.25) is 0 Å². The number of carboxylic acids is 2. The van der Waals surface area contributed by atoms with Gasteiger partial charge in [0.05, 0.1) is 0 Å². The number of rotatable bonds is 10. The molecule has 35 heavy (non-hydrogen) atoms. The number of hydrogen-bond acceptors (Lipinski definition) is 5. The summed E-state index contributed by atoms with van der Waals surface area (Å²) in [6.07, 6.45) is 0. The van der Waals surface area contributed by atoms with E-state index in [1.807, 2.05) is 12.1 Å². The predicted molar refractivity (Wildman–Crippen MR) is 134 cm³/mol. The molecule has 2 atom stereocenters. The van der Waals surface area contributed by atoms with Crippen LogP contribution in [-0.4, -0.2) is 22.2 Å². The molecule has 0 aliphatic carbocycles. The Kier molecular flexibility index (Phi) is 7.28. The first kappa shape index (κ1) is 23.4. The van der Waals surface area contributed by atoms with E-state index >= 15 is 0 Å². The lowest BCUT2D eigenvalue weighted by molar-refractivity contribution is -0.139. The number of nitrogens with one attached hydrogen (secondary N) is 2. The van der Waals surface area contributed by atoms with Gasteiger partial charge < -0.3 is 25.6 Å². The largest absolute Gasteiger partial charge is 0.479 e. The molecule has 0 radical (unpaired) electrons. The Labute approximate surface area is 202 Å². The van der Waals surface area contributed by atoms with Crippen molar-refractivity contribution < 1.29 is 24.5 Å². The highest BCUT2D eigenvalue weighted by Gasteiger charge is 2.20. The number of anilines is 2. The molecule has 4 N–H and O–H groups in total. The van der Waals surface area contributed by atoms with Crippen molar-refractivity contribution in [1.82, 2.24) is 0 Å². The Bertz CT molecular complexity index is 1160. The summed E-state index contributed by atoms with van der Waals surface area (Å²) in [5.41, 5.74) is 2.61. The first-order valence-corrected chi connectivity index (χ1v) is 11.0. The highest BCUT2D eigenvalue weighted by atomic mass is 16.5. The van der Waals surface area contributed by atoms with E-state index < -0.39 is 24.0 Å². The summed E-state index contributed by atoms with van der Waals surface area (Å²) in [4.78, 5) is 23.4. The minimum absolute atomic E-state index is 0.579. The van der Waals surface area contributed by atoms with Gasteiger partial charge in [0.15, 0.2) is 12.1 Å². The van der Waals surface area contributed by atoms with Gasteiger partial charge in [-0.2, -0.15) is 0 Å². The molecule has 4 aromatic carbocycles. The van der Waals surface area contributed by atoms with Crippen LogP contribution in [0.15, 0.2) is 109 Å². The number of aliphatic carboxylic acids is 2. The summed E-state index contributed by atoms with van der Waals surface area (Å²) < 4.78 is 5.87. The van der Waals surface area contributed by atoms with Crippen LogP contribution in [0.3, 0.4) is 0 Å². The number of carboxylic acid groups (broad SMARTS) is 2. The lowest BCUT2D eigenvalue weighted by Gasteiger charge is -2.17. The first-order valence-electron chi connectivity index (χ1n) is 11.0. The van der Waals surface area contributed by atoms with Gasteiger partial charge in [0.1, 0.15) is 11.5 Å². The molecule has 176 valence electrons. The molecule has 0 unspecified atom stereocenters. The van der Waals surface area contributed by atoms with Gasteiger partial charge in [-0.25, -0.2) is 9.59 Å². The summed E-state index contributed by atoms with van der Waals surface area (Å²) >= 11 is 0. The molecule has 4 rings (SSSR count). The highest BCUT2D eigenvalue weighted by Crippen LogP contribution is 2.27. The second kappa shape index (κ2) is 10.9. The number of hydrogen-bond donors (Lipinski definition) is 4. The van der Waals surface area contributed by atoms with Crippen molar-refractivity contribution in [2.45, 2.75) is 12.1 Å². The van der Waals surface area contributed by atoms with E-state index in [-0.39, 0.29) is 0 Å². The van der Waals surface area contributed by atoms with Crippen molar-refractivity contribution in [3.63, 3.8) is 0 Å². The maximum Gasteiger partial charge on any atom is 0.330 e. The van der Waals surface area contributed by atoms with E-state index in [0.29, 0.717) is 34.0 Å². The normalized spacial score (nSPS) is 12.2. The zero-order chi connectivity index (χ0) is 24.6. The van der Waals surface area contributed by atoms with Gasteiger partial charge in [0.2, 0.25) is 0 Å². The molecule has 7 heteroatoms. The molecule has 0 bridgehead atoms. The Morgan fingerprint density at radius 2 is 0.886 bits per heavy atom. The predicted octanol–water partition coefficient (Wildman–Crippen LogP) is 5.95. The zero-order valence-corrected chi connectivity index (χ0v) is 18.7. The molecular formula is C28H24N2O5. The fraction of sp³-hybridized carbons (Fsp3) is 0.0714. The van der Waals surface area contributed by atoms with Crippen LogP contribution in [0.4, 0.5) is 11.4 Å². The van der Waals surface area contributed by atoms with E-state index in [9.17, 15) is 19.8 Å². The molecule has 0 saturated heterocycles. The standard InChI is InChI=1S/C28H24N2O5/c31-27(32)25(19-7-3-1-4-8-19)29-21-11-15-23(16-12-21)35-24-17-13-22(14-18-24)30-26(28(33)34)20-9-5-2-6-10-20/h1-18,25-26,29-30H,(H,31,32)(H,33,34)/t25-,26-/m0/s1. The quantitative estimate of drug-likeness (QED) is 0.228. The Balaban J connectivity index is 1.39. The minimum Gasteiger partial charge on any atom is -0.479 e. The Hall–Kier alpha value is -4.78. The third-order valence-electron chi connectivity index (χ3n) is 5.33. The van der Waals surface area contributed by atoms with Crippen molar-refractivity contribution in [3.8, 4) is 11.5 Å². The van der Waals surface area contributed by atoms with Crippen molar-refractivity contribution in [2.24, 2.45) is 0 Å². The third-order valence-corrected chi connectivity index (χ3v) is 5.33. The Morgan fingerprint density at radius 1 is 0.543 bits per heavy atom. The van der Waals surface area contributed by atoms with Gasteiger partial charge >= 0.3 is 11.9 Å². The van der Waals surface area contributed by atoms with Crippen molar-refractivity contribution in [1.29, 1.82) is 0 Å². The summed E-state index contributed by atoms with van der Waals surface area (Å²) in [7, 11) is 0. The summed E-state index contributed by atoms with van der Waals surface area (Å²) in [5.74, 6) is -0.781. The fourth-order valence-corrected chi connectivity index (χ4v) is 3.57. The van der Waals surface area contributed by atoms with Crippen molar-refractivity contribution >= 4 is 23.3 Å². The number of ether oxygens (including phenoxy) is 1. The molecule has 4 aromatic rings.